The summed E-state index contributed by atoms with van der Waals surface area (Å²) in [5.74, 6) is -5.63. The van der Waals surface area contributed by atoms with Crippen LogP contribution >= 0.6 is 11.5 Å². The Hall–Kier alpha value is -2.90. The standard InChI is InChI=1S/C25H33F3N4O5S/c1-15-13-18(26)17(21(28)20(15)27)14-37-22-19(24(34)35)23(38-31-22)30-25(36)29-9-4-3-7-16(33)8-12-32-10-5-2-6-11-32/h13,16,33H,2-12,14H2,1H3,(H,34,35)(H2,29,30,36). The third-order valence-corrected chi connectivity index (χ3v) is 7.11. The third-order valence-electron chi connectivity index (χ3n) is 6.37. The van der Waals surface area contributed by atoms with Gasteiger partial charge in [-0.05, 0) is 81.7 Å². The highest BCUT2D eigenvalue weighted by Crippen LogP contribution is 2.32. The summed E-state index contributed by atoms with van der Waals surface area (Å²) >= 11 is 0.620. The van der Waals surface area contributed by atoms with Crippen LogP contribution in [0, 0.1) is 24.4 Å². The number of carbonyl (C=O) groups is 2. The number of ether oxygens (including phenoxy) is 1. The number of hydrogen-bond acceptors (Lipinski definition) is 7. The van der Waals surface area contributed by atoms with E-state index in [1.807, 2.05) is 0 Å². The minimum absolute atomic E-state index is 0.130. The third kappa shape index (κ3) is 8.30. The van der Waals surface area contributed by atoms with Crippen LogP contribution in [0.4, 0.5) is 23.0 Å². The number of aliphatic hydroxyl groups excluding tert-OH is 1. The van der Waals surface area contributed by atoms with Crippen molar-refractivity contribution in [2.24, 2.45) is 0 Å². The first kappa shape index (κ1) is 29.7. The first-order valence-electron chi connectivity index (χ1n) is 12.6. The number of halogens is 3. The number of urea groups is 1. The normalized spacial score (nSPS) is 14.8. The number of benzene rings is 1. The number of hydrogen-bond donors (Lipinski definition) is 4. The second-order valence-electron chi connectivity index (χ2n) is 9.29. The SMILES string of the molecule is Cc1cc(F)c(COc2nsc(NC(=O)NCCCCC(O)CCN3CCCCC3)c2C(=O)O)c(F)c1F. The summed E-state index contributed by atoms with van der Waals surface area (Å²) in [4.78, 5) is 26.3. The first-order chi connectivity index (χ1) is 18.2. The molecule has 1 aromatic heterocycles. The van der Waals surface area contributed by atoms with Gasteiger partial charge >= 0.3 is 12.0 Å². The molecule has 210 valence electrons. The summed E-state index contributed by atoms with van der Waals surface area (Å²) in [5, 5.41) is 24.6. The minimum atomic E-state index is -1.47. The Morgan fingerprint density at radius 1 is 1.16 bits per heavy atom. The lowest BCUT2D eigenvalue weighted by molar-refractivity contribution is 0.0692. The van der Waals surface area contributed by atoms with Gasteiger partial charge in [-0.2, -0.15) is 4.37 Å². The summed E-state index contributed by atoms with van der Waals surface area (Å²) in [7, 11) is 0. The topological polar surface area (TPSA) is 124 Å². The van der Waals surface area contributed by atoms with E-state index in [1.165, 1.54) is 26.2 Å². The smallest absolute Gasteiger partial charge is 0.344 e. The predicted molar refractivity (Wildman–Crippen MR) is 136 cm³/mol. The monoisotopic (exact) mass is 558 g/mol. The highest BCUT2D eigenvalue weighted by molar-refractivity contribution is 7.11. The van der Waals surface area contributed by atoms with Crippen LogP contribution in [0.25, 0.3) is 0 Å². The van der Waals surface area contributed by atoms with Crippen molar-refractivity contribution in [3.05, 3.63) is 40.2 Å². The molecular formula is C25H33F3N4O5S. The van der Waals surface area contributed by atoms with E-state index < -0.39 is 59.2 Å². The molecule has 1 atom stereocenters. The van der Waals surface area contributed by atoms with Gasteiger partial charge in [-0.1, -0.05) is 6.42 Å². The number of unbranched alkanes of at least 4 members (excludes halogenated alkanes) is 1. The molecule has 0 bridgehead atoms. The van der Waals surface area contributed by atoms with Gasteiger partial charge in [0.05, 0.1) is 11.7 Å². The molecule has 1 aliphatic rings. The highest BCUT2D eigenvalue weighted by atomic mass is 32.1. The summed E-state index contributed by atoms with van der Waals surface area (Å²) in [6.45, 7) is 3.79. The Balaban J connectivity index is 1.43. The van der Waals surface area contributed by atoms with Crippen LogP contribution in [0.2, 0.25) is 0 Å². The Morgan fingerprint density at radius 3 is 2.61 bits per heavy atom. The molecule has 0 radical (unpaired) electrons. The van der Waals surface area contributed by atoms with Crippen molar-refractivity contribution in [1.29, 1.82) is 0 Å². The number of aryl methyl sites for hydroxylation is 1. The molecule has 9 nitrogen and oxygen atoms in total. The Morgan fingerprint density at radius 2 is 1.89 bits per heavy atom. The molecule has 0 saturated carbocycles. The number of carboxylic acids is 1. The molecule has 1 fully saturated rings. The number of aromatic nitrogens is 1. The molecule has 4 N–H and O–H groups in total. The zero-order chi connectivity index (χ0) is 27.7. The Bertz CT molecular complexity index is 1110. The van der Waals surface area contributed by atoms with Gasteiger partial charge in [0, 0.05) is 13.1 Å². The maximum atomic E-state index is 14.1. The maximum Gasteiger partial charge on any atom is 0.344 e. The van der Waals surface area contributed by atoms with Crippen molar-refractivity contribution >= 4 is 28.5 Å². The van der Waals surface area contributed by atoms with E-state index in [9.17, 15) is 33.0 Å². The Labute approximate surface area is 223 Å². The summed E-state index contributed by atoms with van der Waals surface area (Å²) in [6, 6.07) is 0.148. The average Bonchev–Trinajstić information content (AvgIpc) is 3.28. The maximum absolute atomic E-state index is 14.1. The zero-order valence-corrected chi connectivity index (χ0v) is 22.0. The van der Waals surface area contributed by atoms with Crippen molar-refractivity contribution in [3.8, 4) is 5.88 Å². The van der Waals surface area contributed by atoms with Gasteiger partial charge in [-0.15, -0.1) is 0 Å². The van der Waals surface area contributed by atoms with Gasteiger partial charge in [-0.25, -0.2) is 22.8 Å². The first-order valence-corrected chi connectivity index (χ1v) is 13.4. The average molecular weight is 559 g/mol. The quantitative estimate of drug-likeness (QED) is 0.208. The second kappa shape index (κ2) is 14.3. The predicted octanol–water partition coefficient (Wildman–Crippen LogP) is 4.67. The number of aliphatic hydroxyl groups is 1. The number of carboxylic acid groups (broad SMARTS) is 1. The van der Waals surface area contributed by atoms with Crippen LogP contribution < -0.4 is 15.4 Å². The molecule has 38 heavy (non-hydrogen) atoms. The second-order valence-corrected chi connectivity index (χ2v) is 10.1. The lowest BCUT2D eigenvalue weighted by Gasteiger charge is -2.27. The van der Waals surface area contributed by atoms with E-state index in [0.717, 1.165) is 32.1 Å². The van der Waals surface area contributed by atoms with Crippen molar-refractivity contribution in [1.82, 2.24) is 14.6 Å². The summed E-state index contributed by atoms with van der Waals surface area (Å²) < 4.78 is 50.9. The molecule has 2 heterocycles. The van der Waals surface area contributed by atoms with Gasteiger partial charge in [0.15, 0.2) is 17.2 Å². The number of rotatable bonds is 13. The molecule has 3 rings (SSSR count). The molecule has 1 unspecified atom stereocenters. The van der Waals surface area contributed by atoms with E-state index in [0.29, 0.717) is 37.3 Å². The fraction of sp³-hybridized carbons (Fsp3) is 0.560. The zero-order valence-electron chi connectivity index (χ0n) is 21.2. The number of carbonyl (C=O) groups excluding carboxylic acids is 1. The number of likely N-dealkylation sites (tertiary alicyclic amines) is 1. The largest absolute Gasteiger partial charge is 0.477 e. The van der Waals surface area contributed by atoms with E-state index >= 15 is 0 Å². The van der Waals surface area contributed by atoms with Crippen LogP contribution in [0.3, 0.4) is 0 Å². The fourth-order valence-corrected chi connectivity index (χ4v) is 4.91. The summed E-state index contributed by atoms with van der Waals surface area (Å²) in [6.07, 6.45) is 5.99. The minimum Gasteiger partial charge on any atom is -0.477 e. The molecule has 0 aliphatic carbocycles. The molecule has 1 aromatic carbocycles. The van der Waals surface area contributed by atoms with Crippen LogP contribution in [0.1, 0.15) is 66.4 Å². The van der Waals surface area contributed by atoms with E-state index in [2.05, 4.69) is 19.9 Å². The van der Waals surface area contributed by atoms with Crippen molar-refractivity contribution in [2.45, 2.75) is 64.6 Å². The molecule has 2 aromatic rings. The highest BCUT2D eigenvalue weighted by Gasteiger charge is 2.25. The Kier molecular flexibility index (Phi) is 11.2. The fourth-order valence-electron chi connectivity index (χ4n) is 4.18. The molecule has 13 heteroatoms. The molecule has 2 amide bonds. The number of aromatic carboxylic acids is 1. The number of amides is 2. The van der Waals surface area contributed by atoms with E-state index in [1.54, 1.807) is 0 Å². The van der Waals surface area contributed by atoms with Crippen molar-refractivity contribution in [2.75, 3.05) is 31.5 Å². The van der Waals surface area contributed by atoms with Gasteiger partial charge in [0.25, 0.3) is 0 Å². The summed E-state index contributed by atoms with van der Waals surface area (Å²) in [5.41, 5.74) is -1.41. The number of piperidine rings is 1. The van der Waals surface area contributed by atoms with Crippen LogP contribution in [0.5, 0.6) is 5.88 Å². The van der Waals surface area contributed by atoms with Gasteiger partial charge in [0.2, 0.25) is 5.88 Å². The van der Waals surface area contributed by atoms with Crippen molar-refractivity contribution < 1.29 is 37.7 Å². The lowest BCUT2D eigenvalue weighted by atomic mass is 10.1. The molecule has 1 aliphatic heterocycles. The molecule has 0 spiro atoms. The number of anilines is 1. The van der Waals surface area contributed by atoms with Crippen molar-refractivity contribution in [3.63, 3.8) is 0 Å². The lowest BCUT2D eigenvalue weighted by Crippen LogP contribution is -2.32. The van der Waals surface area contributed by atoms with Crippen LogP contribution in [-0.4, -0.2) is 63.8 Å². The molecule has 1 saturated heterocycles. The number of nitrogens with one attached hydrogen (secondary N) is 2. The number of nitrogens with zero attached hydrogens (tertiary/aromatic N) is 2. The van der Waals surface area contributed by atoms with Gasteiger partial charge in [0.1, 0.15) is 17.4 Å². The van der Waals surface area contributed by atoms with E-state index in [-0.39, 0.29) is 10.6 Å². The van der Waals surface area contributed by atoms with Crippen LogP contribution in [-0.2, 0) is 6.61 Å². The van der Waals surface area contributed by atoms with E-state index in [4.69, 9.17) is 4.74 Å². The van der Waals surface area contributed by atoms with Crippen LogP contribution in [0.15, 0.2) is 6.07 Å². The van der Waals surface area contributed by atoms with Gasteiger partial charge in [-0.3, -0.25) is 5.32 Å². The van der Waals surface area contributed by atoms with Gasteiger partial charge < -0.3 is 25.2 Å². The molecular weight excluding hydrogens is 525 g/mol.